The van der Waals surface area contributed by atoms with Gasteiger partial charge in [-0.1, -0.05) is 42.5 Å². The number of nitrogens with one attached hydrogen (secondary N) is 1. The van der Waals surface area contributed by atoms with Crippen molar-refractivity contribution in [3.63, 3.8) is 0 Å². The lowest BCUT2D eigenvalue weighted by Crippen LogP contribution is -2.48. The number of alkyl halides is 3. The molecule has 2 heterocycles. The van der Waals surface area contributed by atoms with E-state index in [2.05, 4.69) is 10.3 Å². The van der Waals surface area contributed by atoms with Gasteiger partial charge in [0.05, 0.1) is 22.7 Å². The third-order valence-corrected chi connectivity index (χ3v) is 8.32. The first-order valence-corrected chi connectivity index (χ1v) is 13.8. The highest BCUT2D eigenvalue weighted by molar-refractivity contribution is 7.93. The summed E-state index contributed by atoms with van der Waals surface area (Å²) in [4.78, 5) is 17.0. The number of halogens is 3. The molecule has 0 bridgehead atoms. The van der Waals surface area contributed by atoms with Crippen LogP contribution in [0.2, 0.25) is 0 Å². The maximum Gasteiger partial charge on any atom is 0.416 e. The van der Waals surface area contributed by atoms with E-state index >= 15 is 0 Å². The molecule has 1 aromatic heterocycles. The van der Waals surface area contributed by atoms with E-state index in [4.69, 9.17) is 4.74 Å². The molecular weight excluding hydrogens is 543 g/mol. The number of para-hydroxylation sites is 1. The molecular formula is C29H24F3N3O4S. The molecule has 0 saturated carbocycles. The van der Waals surface area contributed by atoms with Gasteiger partial charge in [-0.05, 0) is 59.2 Å². The van der Waals surface area contributed by atoms with Crippen molar-refractivity contribution in [2.75, 3.05) is 17.5 Å². The molecule has 5 rings (SSSR count). The van der Waals surface area contributed by atoms with Gasteiger partial charge < -0.3 is 10.1 Å². The molecule has 1 N–H and O–H groups in total. The molecule has 1 aliphatic rings. The summed E-state index contributed by atoms with van der Waals surface area (Å²) < 4.78 is 73.8. The number of carbonyl (C=O) groups excluding carboxylic acids is 1. The Balaban J connectivity index is 1.36. The van der Waals surface area contributed by atoms with E-state index in [1.807, 2.05) is 0 Å². The van der Waals surface area contributed by atoms with E-state index in [0.29, 0.717) is 28.1 Å². The first-order valence-electron chi connectivity index (χ1n) is 12.4. The third kappa shape index (κ3) is 5.64. The van der Waals surface area contributed by atoms with Crippen LogP contribution in [0, 0.1) is 0 Å². The summed E-state index contributed by atoms with van der Waals surface area (Å²) in [6, 6.07) is 19.6. The van der Waals surface area contributed by atoms with Crippen molar-refractivity contribution in [1.82, 2.24) is 10.3 Å². The summed E-state index contributed by atoms with van der Waals surface area (Å²) in [7, 11) is -4.20. The number of carbonyl (C=O) groups is 1. The number of amides is 1. The third-order valence-electron chi connectivity index (χ3n) is 6.48. The number of nitrogens with zero attached hydrogens (tertiary/aromatic N) is 2. The summed E-state index contributed by atoms with van der Waals surface area (Å²) in [6.45, 7) is 0.340. The Labute approximate surface area is 229 Å². The molecule has 0 saturated heterocycles. The maximum absolute atomic E-state index is 13.8. The number of sulfonamides is 1. The van der Waals surface area contributed by atoms with Gasteiger partial charge in [0, 0.05) is 18.8 Å². The normalized spacial score (nSPS) is 15.0. The first kappa shape index (κ1) is 27.2. The number of hydrogen-bond donors (Lipinski definition) is 1. The zero-order valence-electron chi connectivity index (χ0n) is 21.0. The molecule has 0 aliphatic carbocycles. The smallest absolute Gasteiger partial charge is 0.416 e. The van der Waals surface area contributed by atoms with Crippen LogP contribution in [0.3, 0.4) is 0 Å². The van der Waals surface area contributed by atoms with Gasteiger partial charge in [-0.2, -0.15) is 13.2 Å². The number of hydrogen-bond acceptors (Lipinski definition) is 5. The summed E-state index contributed by atoms with van der Waals surface area (Å²) in [6.07, 6.45) is -1.14. The second-order valence-corrected chi connectivity index (χ2v) is 10.9. The van der Waals surface area contributed by atoms with E-state index in [9.17, 15) is 26.4 Å². The second-order valence-electron chi connectivity index (χ2n) is 9.07. The summed E-state index contributed by atoms with van der Waals surface area (Å²) in [5.74, 6) is 0.119. The van der Waals surface area contributed by atoms with Gasteiger partial charge >= 0.3 is 6.18 Å². The number of fused-ring (bicyclic) bond motifs is 1. The van der Waals surface area contributed by atoms with Gasteiger partial charge in [0.25, 0.3) is 10.0 Å². The summed E-state index contributed by atoms with van der Waals surface area (Å²) in [5.41, 5.74) is 1.04. The minimum absolute atomic E-state index is 0.0845. The maximum atomic E-state index is 13.8. The molecule has 0 unspecified atom stereocenters. The highest BCUT2D eigenvalue weighted by Crippen LogP contribution is 2.38. The molecule has 0 spiro atoms. The molecule has 3 aromatic carbocycles. The van der Waals surface area contributed by atoms with Crippen LogP contribution in [0.4, 0.5) is 18.9 Å². The topological polar surface area (TPSA) is 88.6 Å². The van der Waals surface area contributed by atoms with Crippen LogP contribution in [0.1, 0.15) is 11.1 Å². The Kier molecular flexibility index (Phi) is 7.49. The van der Waals surface area contributed by atoms with Gasteiger partial charge in [-0.15, -0.1) is 0 Å². The highest BCUT2D eigenvalue weighted by atomic mass is 32.2. The number of pyridine rings is 1. The largest absolute Gasteiger partial charge is 0.492 e. The van der Waals surface area contributed by atoms with E-state index < -0.39 is 33.7 Å². The fourth-order valence-electron chi connectivity index (χ4n) is 4.56. The number of rotatable bonds is 8. The highest BCUT2D eigenvalue weighted by Gasteiger charge is 2.42. The van der Waals surface area contributed by atoms with Crippen LogP contribution in [-0.2, 0) is 27.4 Å². The van der Waals surface area contributed by atoms with Crippen molar-refractivity contribution in [3.8, 4) is 16.9 Å². The Morgan fingerprint density at radius 2 is 1.68 bits per heavy atom. The fourth-order valence-corrected chi connectivity index (χ4v) is 6.21. The quantitative estimate of drug-likeness (QED) is 0.300. The number of ether oxygens (including phenoxy) is 1. The van der Waals surface area contributed by atoms with Crippen LogP contribution < -0.4 is 14.4 Å². The van der Waals surface area contributed by atoms with E-state index in [-0.39, 0.29) is 24.5 Å². The van der Waals surface area contributed by atoms with Gasteiger partial charge in [0.15, 0.2) is 0 Å². The van der Waals surface area contributed by atoms with E-state index in [1.54, 1.807) is 48.8 Å². The van der Waals surface area contributed by atoms with Gasteiger partial charge in [0.2, 0.25) is 5.91 Å². The van der Waals surface area contributed by atoms with Crippen molar-refractivity contribution in [1.29, 1.82) is 0 Å². The van der Waals surface area contributed by atoms with Crippen LogP contribution in [-0.4, -0.2) is 38.5 Å². The average Bonchev–Trinajstić information content (AvgIpc) is 3.36. The molecule has 4 aromatic rings. The lowest BCUT2D eigenvalue weighted by molar-refractivity contribution is -0.137. The Morgan fingerprint density at radius 3 is 2.40 bits per heavy atom. The zero-order valence-corrected chi connectivity index (χ0v) is 21.8. The lowest BCUT2D eigenvalue weighted by atomic mass is 10.0. The molecule has 1 aliphatic heterocycles. The molecule has 206 valence electrons. The Hall–Kier alpha value is -4.38. The first-order chi connectivity index (χ1) is 19.1. The van der Waals surface area contributed by atoms with Crippen molar-refractivity contribution in [3.05, 3.63) is 108 Å². The summed E-state index contributed by atoms with van der Waals surface area (Å²) >= 11 is 0. The monoisotopic (exact) mass is 567 g/mol. The number of benzene rings is 3. The fraction of sp³-hybridized carbons (Fsp3) is 0.172. The standard InChI is InChI=1S/C29H24F3N3O4S/c30-29(31,32)23-6-3-5-21(18-23)20-8-10-25(11-9-20)40(37,38)35-26-7-2-1-4-22(26)19-27(35)28(36)34-16-17-39-24-12-14-33-15-13-24/h1-15,18,27H,16-17,19H2,(H,34,36)/t27-/m0/s1. The predicted octanol–water partition coefficient (Wildman–Crippen LogP) is 5.08. The van der Waals surface area contributed by atoms with Crippen molar-refractivity contribution < 1.29 is 31.1 Å². The second kappa shape index (κ2) is 11.0. The van der Waals surface area contributed by atoms with Gasteiger partial charge in [0.1, 0.15) is 18.4 Å². The van der Waals surface area contributed by atoms with Crippen molar-refractivity contribution >= 4 is 21.6 Å². The Morgan fingerprint density at radius 1 is 0.950 bits per heavy atom. The van der Waals surface area contributed by atoms with Gasteiger partial charge in [-0.3, -0.25) is 14.1 Å². The lowest BCUT2D eigenvalue weighted by Gasteiger charge is -2.26. The average molecular weight is 568 g/mol. The molecule has 40 heavy (non-hydrogen) atoms. The van der Waals surface area contributed by atoms with Crippen LogP contribution >= 0.6 is 0 Å². The number of aromatic nitrogens is 1. The zero-order chi connectivity index (χ0) is 28.3. The van der Waals surface area contributed by atoms with Crippen LogP contribution in [0.25, 0.3) is 11.1 Å². The van der Waals surface area contributed by atoms with Crippen LogP contribution in [0.15, 0.2) is 102 Å². The van der Waals surface area contributed by atoms with Gasteiger partial charge in [-0.25, -0.2) is 8.42 Å². The molecule has 1 atom stereocenters. The molecule has 0 fully saturated rings. The molecule has 0 radical (unpaired) electrons. The van der Waals surface area contributed by atoms with Crippen molar-refractivity contribution in [2.45, 2.75) is 23.5 Å². The van der Waals surface area contributed by atoms with Crippen LogP contribution in [0.5, 0.6) is 5.75 Å². The number of anilines is 1. The predicted molar refractivity (Wildman–Crippen MR) is 143 cm³/mol. The van der Waals surface area contributed by atoms with Crippen molar-refractivity contribution in [2.24, 2.45) is 0 Å². The minimum Gasteiger partial charge on any atom is -0.492 e. The molecule has 1 amide bonds. The molecule has 7 nitrogen and oxygen atoms in total. The SMILES string of the molecule is O=C(NCCOc1ccncc1)[C@@H]1Cc2ccccc2N1S(=O)(=O)c1ccc(-c2cccc(C(F)(F)F)c2)cc1. The van der Waals surface area contributed by atoms with E-state index in [1.165, 1.54) is 36.4 Å². The Bertz CT molecular complexity index is 1610. The minimum atomic E-state index is -4.50. The summed E-state index contributed by atoms with van der Waals surface area (Å²) in [5, 5.41) is 2.75. The van der Waals surface area contributed by atoms with E-state index in [0.717, 1.165) is 16.4 Å². The molecule has 11 heteroatoms.